The summed E-state index contributed by atoms with van der Waals surface area (Å²) in [6, 6.07) is 10.8. The van der Waals surface area contributed by atoms with Crippen LogP contribution in [0.25, 0.3) is 0 Å². The molecule has 0 bridgehead atoms. The van der Waals surface area contributed by atoms with Crippen molar-refractivity contribution in [2.24, 2.45) is 0 Å². The molecule has 0 aliphatic heterocycles. The summed E-state index contributed by atoms with van der Waals surface area (Å²) in [7, 11) is 0. The Morgan fingerprint density at radius 3 is 2.45 bits per heavy atom. The van der Waals surface area contributed by atoms with Crippen molar-refractivity contribution in [2.45, 2.75) is 25.1 Å². The fraction of sp³-hybridized carbons (Fsp3) is 0.400. The molecule has 0 aliphatic rings. The quantitative estimate of drug-likeness (QED) is 0.675. The van der Waals surface area contributed by atoms with Crippen molar-refractivity contribution in [1.29, 1.82) is 0 Å². The standard InChI is InChI=1S/C10H14Se/c1-3-9(2)11-10-7-5-4-6-8-10/h4-9H,3H2,1-2H3. The normalized spacial score (nSPS) is 12.9. The Labute approximate surface area is 75.2 Å². The van der Waals surface area contributed by atoms with Crippen LogP contribution in [-0.2, 0) is 0 Å². The van der Waals surface area contributed by atoms with Crippen molar-refractivity contribution < 1.29 is 0 Å². The van der Waals surface area contributed by atoms with Gasteiger partial charge in [-0.1, -0.05) is 0 Å². The SMILES string of the molecule is CCC(C)[Se]c1ccccc1. The van der Waals surface area contributed by atoms with Crippen LogP contribution in [-0.4, -0.2) is 15.0 Å². The molecule has 0 amide bonds. The molecule has 0 fully saturated rings. The molecule has 0 N–H and O–H groups in total. The van der Waals surface area contributed by atoms with Crippen LogP contribution < -0.4 is 4.46 Å². The van der Waals surface area contributed by atoms with Crippen molar-refractivity contribution in [1.82, 2.24) is 0 Å². The zero-order chi connectivity index (χ0) is 8.10. The Morgan fingerprint density at radius 1 is 1.27 bits per heavy atom. The van der Waals surface area contributed by atoms with Gasteiger partial charge in [0.05, 0.1) is 0 Å². The second kappa shape index (κ2) is 4.58. The van der Waals surface area contributed by atoms with Gasteiger partial charge in [0.25, 0.3) is 0 Å². The molecule has 1 rings (SSSR count). The van der Waals surface area contributed by atoms with Crippen LogP contribution in [0.5, 0.6) is 0 Å². The van der Waals surface area contributed by atoms with Gasteiger partial charge >= 0.3 is 74.8 Å². The van der Waals surface area contributed by atoms with Crippen LogP contribution in [0.2, 0.25) is 4.82 Å². The second-order valence-electron chi connectivity index (χ2n) is 2.65. The van der Waals surface area contributed by atoms with Gasteiger partial charge in [-0.05, 0) is 0 Å². The van der Waals surface area contributed by atoms with E-state index in [9.17, 15) is 0 Å². The van der Waals surface area contributed by atoms with Crippen LogP contribution in [0.15, 0.2) is 30.3 Å². The summed E-state index contributed by atoms with van der Waals surface area (Å²) in [6.07, 6.45) is 1.30. The number of rotatable bonds is 3. The number of benzene rings is 1. The van der Waals surface area contributed by atoms with Crippen molar-refractivity contribution in [3.8, 4) is 0 Å². The van der Waals surface area contributed by atoms with Crippen LogP contribution in [0.4, 0.5) is 0 Å². The molecule has 1 aromatic carbocycles. The first-order valence-electron chi connectivity index (χ1n) is 4.04. The zero-order valence-corrected chi connectivity index (χ0v) is 8.79. The topological polar surface area (TPSA) is 0 Å². The molecular weight excluding hydrogens is 199 g/mol. The van der Waals surface area contributed by atoms with Crippen LogP contribution in [0.3, 0.4) is 0 Å². The van der Waals surface area contributed by atoms with E-state index in [2.05, 4.69) is 44.2 Å². The molecular formula is C10H14Se. The molecule has 1 heteroatoms. The van der Waals surface area contributed by atoms with E-state index in [-0.39, 0.29) is 0 Å². The molecule has 0 saturated heterocycles. The first-order chi connectivity index (χ1) is 5.33. The molecule has 0 aromatic heterocycles. The van der Waals surface area contributed by atoms with Gasteiger partial charge in [-0.2, -0.15) is 0 Å². The second-order valence-corrected chi connectivity index (χ2v) is 5.82. The monoisotopic (exact) mass is 214 g/mol. The molecule has 0 radical (unpaired) electrons. The van der Waals surface area contributed by atoms with Gasteiger partial charge in [-0.3, -0.25) is 0 Å². The maximum absolute atomic E-state index is 2.33. The van der Waals surface area contributed by atoms with E-state index < -0.39 is 0 Å². The summed E-state index contributed by atoms with van der Waals surface area (Å²) in [4.78, 5) is 0.880. The van der Waals surface area contributed by atoms with Crippen molar-refractivity contribution in [3.63, 3.8) is 0 Å². The molecule has 0 saturated carbocycles. The average Bonchev–Trinajstić information content (AvgIpc) is 2.06. The van der Waals surface area contributed by atoms with E-state index in [1.54, 1.807) is 0 Å². The molecule has 1 atom stereocenters. The molecule has 60 valence electrons. The van der Waals surface area contributed by atoms with E-state index in [0.717, 1.165) is 4.82 Å². The summed E-state index contributed by atoms with van der Waals surface area (Å²) in [6.45, 7) is 4.59. The predicted octanol–water partition coefficient (Wildman–Crippen LogP) is 2.23. The number of hydrogen-bond donors (Lipinski definition) is 0. The molecule has 11 heavy (non-hydrogen) atoms. The Bertz CT molecular complexity index is 193. The third-order valence-electron chi connectivity index (χ3n) is 1.66. The van der Waals surface area contributed by atoms with Crippen molar-refractivity contribution >= 4 is 19.4 Å². The van der Waals surface area contributed by atoms with Crippen molar-refractivity contribution in [2.75, 3.05) is 0 Å². The Hall–Kier alpha value is -0.261. The van der Waals surface area contributed by atoms with E-state index in [0.29, 0.717) is 15.0 Å². The Morgan fingerprint density at radius 2 is 1.91 bits per heavy atom. The third kappa shape index (κ3) is 3.09. The van der Waals surface area contributed by atoms with Crippen LogP contribution in [0, 0.1) is 0 Å². The van der Waals surface area contributed by atoms with E-state index in [4.69, 9.17) is 0 Å². The van der Waals surface area contributed by atoms with Gasteiger partial charge in [-0.15, -0.1) is 0 Å². The first kappa shape index (κ1) is 8.83. The fourth-order valence-corrected chi connectivity index (χ4v) is 2.80. The van der Waals surface area contributed by atoms with Crippen LogP contribution >= 0.6 is 0 Å². The summed E-state index contributed by atoms with van der Waals surface area (Å²) < 4.78 is 1.52. The molecule has 1 aromatic rings. The van der Waals surface area contributed by atoms with E-state index in [1.165, 1.54) is 10.9 Å². The third-order valence-corrected chi connectivity index (χ3v) is 4.34. The zero-order valence-electron chi connectivity index (χ0n) is 7.08. The molecule has 0 aliphatic carbocycles. The Balaban J connectivity index is 2.51. The summed E-state index contributed by atoms with van der Waals surface area (Å²) in [5.41, 5.74) is 0. The summed E-state index contributed by atoms with van der Waals surface area (Å²) in [5, 5.41) is 0. The van der Waals surface area contributed by atoms with E-state index >= 15 is 0 Å². The summed E-state index contributed by atoms with van der Waals surface area (Å²) >= 11 is 0.677. The summed E-state index contributed by atoms with van der Waals surface area (Å²) in [5.74, 6) is 0. The first-order valence-corrected chi connectivity index (χ1v) is 5.89. The van der Waals surface area contributed by atoms with Crippen molar-refractivity contribution in [3.05, 3.63) is 30.3 Å². The minimum atomic E-state index is 0.677. The van der Waals surface area contributed by atoms with Crippen LogP contribution in [0.1, 0.15) is 20.3 Å². The van der Waals surface area contributed by atoms with Gasteiger partial charge in [0.1, 0.15) is 0 Å². The fourth-order valence-electron chi connectivity index (χ4n) is 0.815. The predicted molar refractivity (Wildman–Crippen MR) is 51.5 cm³/mol. The van der Waals surface area contributed by atoms with Gasteiger partial charge in [0, 0.05) is 0 Å². The van der Waals surface area contributed by atoms with Gasteiger partial charge in [0.15, 0.2) is 0 Å². The van der Waals surface area contributed by atoms with Gasteiger partial charge in [-0.25, -0.2) is 0 Å². The average molecular weight is 213 g/mol. The number of hydrogen-bond acceptors (Lipinski definition) is 0. The molecule has 1 unspecified atom stereocenters. The minimum absolute atomic E-state index is 0.677. The van der Waals surface area contributed by atoms with E-state index in [1.807, 2.05) is 0 Å². The maximum atomic E-state index is 2.33. The van der Waals surface area contributed by atoms with Gasteiger partial charge in [0.2, 0.25) is 0 Å². The van der Waals surface area contributed by atoms with Gasteiger partial charge < -0.3 is 0 Å². The molecule has 0 spiro atoms. The molecule has 0 heterocycles. The Kier molecular flexibility index (Phi) is 3.68. The molecule has 0 nitrogen and oxygen atoms in total.